The predicted molar refractivity (Wildman–Crippen MR) is 313 cm³/mol. The Morgan fingerprint density at radius 2 is 1.05 bits per heavy atom. The smallest absolute Gasteiger partial charge is 0.135 e. The van der Waals surface area contributed by atoms with E-state index in [4.69, 9.17) is 9.72 Å². The van der Waals surface area contributed by atoms with Crippen molar-refractivity contribution in [2.24, 2.45) is 0 Å². The van der Waals surface area contributed by atoms with Gasteiger partial charge in [0.05, 0.1) is 0 Å². The zero-order chi connectivity index (χ0) is 52.3. The van der Waals surface area contributed by atoms with E-state index in [1.807, 2.05) is 12.3 Å². The van der Waals surface area contributed by atoms with Crippen molar-refractivity contribution in [3.8, 4) is 39.6 Å². The van der Waals surface area contributed by atoms with Gasteiger partial charge >= 0.3 is 0 Å². The monoisotopic (exact) mass is 1170 g/mol. The van der Waals surface area contributed by atoms with Crippen LogP contribution in [0.25, 0.3) is 49.9 Å². The molecule has 8 aromatic carbocycles. The molecule has 76 heavy (non-hydrogen) atoms. The summed E-state index contributed by atoms with van der Waals surface area (Å²) in [5.74, 6) is 2.01. The molecule has 1 aliphatic rings. The van der Waals surface area contributed by atoms with Crippen molar-refractivity contribution < 1.29 is 25.8 Å². The molecular formula is C70H65N4OPt-3. The van der Waals surface area contributed by atoms with Crippen molar-refractivity contribution in [2.45, 2.75) is 90.9 Å². The number of rotatable bonds is 11. The number of aromatic nitrogens is 2. The molecule has 0 saturated heterocycles. The minimum absolute atomic E-state index is 0. The Morgan fingerprint density at radius 1 is 0.461 bits per heavy atom. The molecule has 5 nitrogen and oxygen atoms in total. The van der Waals surface area contributed by atoms with Crippen LogP contribution in [0.1, 0.15) is 97.1 Å². The fourth-order valence-electron chi connectivity index (χ4n) is 10.5. The Bertz CT molecular complexity index is 3730. The van der Waals surface area contributed by atoms with E-state index < -0.39 is 5.41 Å². The van der Waals surface area contributed by atoms with E-state index in [1.165, 1.54) is 33.4 Å². The summed E-state index contributed by atoms with van der Waals surface area (Å²) in [5.41, 5.74) is 14.8. The molecule has 0 fully saturated rings. The Hall–Kier alpha value is -7.46. The number of hydrogen-bond donors (Lipinski definition) is 0. The first kappa shape index (κ1) is 52.0. The van der Waals surface area contributed by atoms with Crippen LogP contribution < -0.4 is 14.5 Å². The third-order valence-corrected chi connectivity index (χ3v) is 15.2. The van der Waals surface area contributed by atoms with Gasteiger partial charge in [0.15, 0.2) is 0 Å². The van der Waals surface area contributed by atoms with Crippen LogP contribution in [0, 0.1) is 18.8 Å². The molecule has 2 aromatic heterocycles. The minimum Gasteiger partial charge on any atom is -0.509 e. The van der Waals surface area contributed by atoms with Crippen LogP contribution in [-0.4, -0.2) is 9.55 Å². The van der Waals surface area contributed by atoms with E-state index in [1.54, 1.807) is 0 Å². The molecule has 0 aliphatic carbocycles. The molecule has 6 heteroatoms. The van der Waals surface area contributed by atoms with Gasteiger partial charge < -0.3 is 19.1 Å². The summed E-state index contributed by atoms with van der Waals surface area (Å²) < 4.78 is 9.30. The molecule has 0 radical (unpaired) electrons. The summed E-state index contributed by atoms with van der Waals surface area (Å²) in [6, 6.07) is 77.0. The first-order valence-corrected chi connectivity index (χ1v) is 26.2. The van der Waals surface area contributed by atoms with E-state index in [0.717, 1.165) is 61.4 Å². The molecule has 384 valence electrons. The van der Waals surface area contributed by atoms with Crippen LogP contribution in [0.5, 0.6) is 11.5 Å². The van der Waals surface area contributed by atoms with Crippen molar-refractivity contribution in [3.05, 3.63) is 259 Å². The number of fused-ring (bicyclic) bond motifs is 3. The van der Waals surface area contributed by atoms with Gasteiger partial charge in [0.1, 0.15) is 5.82 Å². The average Bonchev–Trinajstić information content (AvgIpc) is 4.02. The zero-order valence-corrected chi connectivity index (χ0v) is 47.5. The van der Waals surface area contributed by atoms with Gasteiger partial charge in [-0.15, -0.1) is 53.6 Å². The summed E-state index contributed by atoms with van der Waals surface area (Å²) >= 11 is 0. The van der Waals surface area contributed by atoms with Gasteiger partial charge in [-0.2, -0.15) is 6.07 Å². The van der Waals surface area contributed by atoms with E-state index in [2.05, 4.69) is 297 Å². The number of nitrogens with zero attached hydrogens (tertiary/aromatic N) is 4. The Balaban J connectivity index is 0.00000657. The largest absolute Gasteiger partial charge is 0.509 e. The van der Waals surface area contributed by atoms with Crippen LogP contribution in [0.15, 0.2) is 212 Å². The summed E-state index contributed by atoms with van der Waals surface area (Å²) in [7, 11) is 0. The molecule has 10 aromatic rings. The van der Waals surface area contributed by atoms with Gasteiger partial charge in [0, 0.05) is 66.5 Å². The number of ether oxygens (including phenoxy) is 1. The zero-order valence-electron chi connectivity index (χ0n) is 45.2. The Kier molecular flexibility index (Phi) is 13.9. The number of allylic oxidation sites excluding steroid dienone is 1. The van der Waals surface area contributed by atoms with Gasteiger partial charge in [0.25, 0.3) is 0 Å². The fraction of sp³-hybridized carbons (Fsp3) is 0.200. The van der Waals surface area contributed by atoms with Gasteiger partial charge in [0.2, 0.25) is 0 Å². The Labute approximate surface area is 464 Å². The van der Waals surface area contributed by atoms with Crippen LogP contribution in [-0.2, 0) is 42.7 Å². The maximum absolute atomic E-state index is 7.05. The van der Waals surface area contributed by atoms with Crippen molar-refractivity contribution in [3.63, 3.8) is 0 Å². The number of anilines is 2. The Morgan fingerprint density at radius 3 is 1.68 bits per heavy atom. The van der Waals surface area contributed by atoms with Gasteiger partial charge in [-0.25, -0.2) is 4.98 Å². The summed E-state index contributed by atoms with van der Waals surface area (Å²) in [6.45, 7) is 25.0. The first-order valence-electron chi connectivity index (χ1n) is 26.2. The molecule has 0 spiro atoms. The standard InChI is InChI=1S/C70H65N4O.Pt/c1-67(2,3)55-37-51(49-25-17-12-18-26-49)38-57(40-55)72-46-65(70(9,10)53-29-21-14-22-30-53)73(47-72)58-41-56(68(4,5)6)42-60(44-58)75-59-32-33-61-62-39-50(48-23-15-11-16-24-48)31-34-63(62)74(64(61)45-59)66-43-54(35-36-71-66)69(7,8)52-27-19-13-20-28-52;/h11-43,46-47H,1-10H3;/q-3;. The molecule has 0 amide bonds. The second-order valence-electron chi connectivity index (χ2n) is 23.2. The number of hydrogen-bond acceptors (Lipinski definition) is 4. The average molecular weight is 1170 g/mol. The number of benzene rings is 8. The summed E-state index contributed by atoms with van der Waals surface area (Å²) in [6.07, 6.45) is 4.23. The van der Waals surface area contributed by atoms with Crippen molar-refractivity contribution in [1.29, 1.82) is 0 Å². The predicted octanol–water partition coefficient (Wildman–Crippen LogP) is 18.1. The van der Waals surface area contributed by atoms with Crippen molar-refractivity contribution in [1.82, 2.24) is 9.55 Å². The molecule has 0 bridgehead atoms. The van der Waals surface area contributed by atoms with Crippen molar-refractivity contribution >= 4 is 33.2 Å². The molecule has 11 rings (SSSR count). The van der Waals surface area contributed by atoms with Crippen LogP contribution in [0.4, 0.5) is 11.4 Å². The maximum Gasteiger partial charge on any atom is 0.135 e. The second kappa shape index (κ2) is 20.2. The first-order chi connectivity index (χ1) is 35.9. The van der Waals surface area contributed by atoms with Crippen LogP contribution in [0.3, 0.4) is 0 Å². The normalized spacial score (nSPS) is 13.3. The SMILES string of the molecule is CC(C)(C)c1cc(Oc2[c-]c3c(cc2)c2cc(-c4ccccc4)ccc2n3-c2cc(C(C)(C)c3ccccc3)ccn2)[c-]c(N2[CH-]N(c3cc(-c4ccccc4)cc(C(C)(C)C)c3)C=C2C(C)(C)c2ccccc2)c1.[Pt]. The molecule has 1 aliphatic heterocycles. The van der Waals surface area contributed by atoms with Crippen molar-refractivity contribution in [2.75, 3.05) is 9.80 Å². The van der Waals surface area contributed by atoms with Crippen LogP contribution >= 0.6 is 0 Å². The third kappa shape index (κ3) is 10.1. The molecular weight excluding hydrogens is 1110 g/mol. The third-order valence-electron chi connectivity index (χ3n) is 15.2. The molecule has 0 atom stereocenters. The molecule has 3 heterocycles. The van der Waals surface area contributed by atoms with E-state index in [0.29, 0.717) is 11.5 Å². The number of pyridine rings is 1. The van der Waals surface area contributed by atoms with Gasteiger partial charge in [-0.3, -0.25) is 0 Å². The fourth-order valence-corrected chi connectivity index (χ4v) is 10.5. The van der Waals surface area contributed by atoms with Gasteiger partial charge in [-0.05, 0) is 97.3 Å². The topological polar surface area (TPSA) is 33.5 Å². The summed E-state index contributed by atoms with van der Waals surface area (Å²) in [4.78, 5) is 9.67. The van der Waals surface area contributed by atoms with Gasteiger partial charge in [-0.1, -0.05) is 214 Å². The molecule has 0 unspecified atom stereocenters. The second-order valence-corrected chi connectivity index (χ2v) is 23.2. The van der Waals surface area contributed by atoms with E-state index in [-0.39, 0.29) is 37.3 Å². The van der Waals surface area contributed by atoms with E-state index >= 15 is 0 Å². The molecule has 0 saturated carbocycles. The summed E-state index contributed by atoms with van der Waals surface area (Å²) in [5, 5.41) is 2.18. The quantitative estimate of drug-likeness (QED) is 0.121. The van der Waals surface area contributed by atoms with Crippen LogP contribution in [0.2, 0.25) is 0 Å². The van der Waals surface area contributed by atoms with E-state index in [9.17, 15) is 0 Å². The molecule has 0 N–H and O–H groups in total. The maximum atomic E-state index is 7.05. The minimum atomic E-state index is -0.405.